The average molecular weight is 478 g/mol. The number of hydrogen-bond donors (Lipinski definition) is 1. The molecule has 3 amide bonds. The number of rotatable bonds is 5. The molecule has 6 nitrogen and oxygen atoms in total. The van der Waals surface area contributed by atoms with Crippen molar-refractivity contribution in [1.82, 2.24) is 9.80 Å². The highest BCUT2D eigenvalue weighted by Crippen LogP contribution is 2.41. The number of benzene rings is 2. The van der Waals surface area contributed by atoms with E-state index in [0.717, 1.165) is 25.7 Å². The Morgan fingerprint density at radius 3 is 2.68 bits per heavy atom. The maximum absolute atomic E-state index is 13.5. The van der Waals surface area contributed by atoms with Gasteiger partial charge in [-0.3, -0.25) is 14.4 Å². The van der Waals surface area contributed by atoms with Crippen LogP contribution >= 0.6 is 11.6 Å². The molecule has 34 heavy (non-hydrogen) atoms. The number of carbonyl (C=O) groups is 3. The number of anilines is 1. The van der Waals surface area contributed by atoms with E-state index in [4.69, 9.17) is 18.0 Å². The maximum atomic E-state index is 13.5. The van der Waals surface area contributed by atoms with E-state index in [1.165, 1.54) is 4.90 Å². The van der Waals surface area contributed by atoms with Crippen LogP contribution < -0.4 is 5.32 Å². The second-order valence-corrected chi connectivity index (χ2v) is 9.49. The number of fused-ring (bicyclic) bond motifs is 1. The van der Waals surface area contributed by atoms with Crippen molar-refractivity contribution in [2.45, 2.75) is 44.2 Å². The summed E-state index contributed by atoms with van der Waals surface area (Å²) in [6.07, 6.45) is 10.1. The molecule has 1 aliphatic carbocycles. The molecule has 1 saturated heterocycles. The number of carbonyl (C=O) groups excluding carboxylic acids is 3. The van der Waals surface area contributed by atoms with Gasteiger partial charge in [-0.25, -0.2) is 0 Å². The van der Waals surface area contributed by atoms with Crippen molar-refractivity contribution < 1.29 is 14.4 Å². The quantitative estimate of drug-likeness (QED) is 0.656. The number of nitrogens with zero attached hydrogens (tertiary/aromatic N) is 2. The monoisotopic (exact) mass is 477 g/mol. The smallest absolute Gasteiger partial charge is 0.254 e. The van der Waals surface area contributed by atoms with Crippen LogP contribution in [0, 0.1) is 18.3 Å². The van der Waals surface area contributed by atoms with Gasteiger partial charge in [-0.2, -0.15) is 0 Å². The molecule has 1 aliphatic heterocycles. The fourth-order valence-corrected chi connectivity index (χ4v) is 5.37. The molecule has 7 heteroatoms. The maximum Gasteiger partial charge on any atom is 0.254 e. The van der Waals surface area contributed by atoms with E-state index >= 15 is 0 Å². The summed E-state index contributed by atoms with van der Waals surface area (Å²) < 4.78 is 0. The Hall–Kier alpha value is -3.30. The first kappa shape index (κ1) is 23.8. The summed E-state index contributed by atoms with van der Waals surface area (Å²) in [6.45, 7) is -0.121. The topological polar surface area (TPSA) is 69.7 Å². The van der Waals surface area contributed by atoms with Crippen LogP contribution in [-0.2, 0) is 9.59 Å². The lowest BCUT2D eigenvalue weighted by Gasteiger charge is -2.34. The van der Waals surface area contributed by atoms with Crippen molar-refractivity contribution in [2.24, 2.45) is 5.92 Å². The van der Waals surface area contributed by atoms with Crippen LogP contribution in [0.2, 0.25) is 5.02 Å². The molecule has 4 rings (SSSR count). The average Bonchev–Trinajstić information content (AvgIpc) is 3.22. The number of terminal acetylenes is 1. The Morgan fingerprint density at radius 2 is 1.91 bits per heavy atom. The van der Waals surface area contributed by atoms with E-state index in [2.05, 4.69) is 11.2 Å². The fraction of sp³-hybridized carbons (Fsp3) is 0.370. The van der Waals surface area contributed by atoms with E-state index in [0.29, 0.717) is 34.2 Å². The molecular weight excluding hydrogens is 450 g/mol. The van der Waals surface area contributed by atoms with Crippen LogP contribution in [0.15, 0.2) is 48.5 Å². The molecule has 0 bridgehead atoms. The number of amides is 3. The van der Waals surface area contributed by atoms with Crippen LogP contribution in [0.4, 0.5) is 5.69 Å². The molecule has 3 atom stereocenters. The molecule has 1 N–H and O–H groups in total. The second kappa shape index (κ2) is 10.3. The van der Waals surface area contributed by atoms with Crippen molar-refractivity contribution in [3.8, 4) is 12.3 Å². The number of hydrogen-bond acceptors (Lipinski definition) is 3. The highest BCUT2D eigenvalue weighted by Gasteiger charge is 2.48. The third-order valence-corrected chi connectivity index (χ3v) is 6.98. The SMILES string of the molecule is C#Cc1cccc(NC(=O)CN(C)C(=O)C2CC3CCCCC3N2C(=O)c2cccc(Cl)c2)c1. The molecule has 1 heterocycles. The lowest BCUT2D eigenvalue weighted by molar-refractivity contribution is -0.137. The Labute approximate surface area is 205 Å². The molecule has 3 unspecified atom stereocenters. The summed E-state index contributed by atoms with van der Waals surface area (Å²) >= 11 is 6.12. The van der Waals surface area contributed by atoms with E-state index < -0.39 is 6.04 Å². The largest absolute Gasteiger partial charge is 0.335 e. The lowest BCUT2D eigenvalue weighted by atomic mass is 9.84. The number of halogens is 1. The van der Waals surface area contributed by atoms with Crippen molar-refractivity contribution >= 4 is 35.0 Å². The highest BCUT2D eigenvalue weighted by molar-refractivity contribution is 6.31. The third-order valence-electron chi connectivity index (χ3n) is 6.75. The summed E-state index contributed by atoms with van der Waals surface area (Å²) in [4.78, 5) is 42.8. The molecule has 0 spiro atoms. The van der Waals surface area contributed by atoms with Crippen LogP contribution in [0.1, 0.15) is 48.0 Å². The van der Waals surface area contributed by atoms with Crippen LogP contribution in [0.25, 0.3) is 0 Å². The minimum Gasteiger partial charge on any atom is -0.335 e. The standard InChI is InChI=1S/C27H28ClN3O3/c1-3-18-8-6-12-22(14-18)29-25(32)17-30(2)27(34)24-16-19-9-4-5-13-23(19)31(24)26(33)20-10-7-11-21(28)15-20/h1,6-8,10-12,14-15,19,23-24H,4-5,9,13,16-17H2,2H3,(H,29,32). The Morgan fingerprint density at radius 1 is 1.15 bits per heavy atom. The Balaban J connectivity index is 1.49. The first-order chi connectivity index (χ1) is 16.4. The molecule has 0 aromatic heterocycles. The molecule has 176 valence electrons. The summed E-state index contributed by atoms with van der Waals surface area (Å²) in [5, 5.41) is 3.27. The Kier molecular flexibility index (Phi) is 7.23. The van der Waals surface area contributed by atoms with Gasteiger partial charge in [-0.1, -0.05) is 42.5 Å². The minimum atomic E-state index is -0.595. The van der Waals surface area contributed by atoms with Crippen molar-refractivity contribution in [1.29, 1.82) is 0 Å². The predicted molar refractivity (Wildman–Crippen MR) is 132 cm³/mol. The molecular formula is C27H28ClN3O3. The number of likely N-dealkylation sites (tertiary alicyclic amines) is 1. The van der Waals surface area contributed by atoms with Crippen molar-refractivity contribution in [3.05, 3.63) is 64.7 Å². The van der Waals surface area contributed by atoms with Gasteiger partial charge in [-0.15, -0.1) is 6.42 Å². The van der Waals surface area contributed by atoms with Crippen LogP contribution in [0.5, 0.6) is 0 Å². The van der Waals surface area contributed by atoms with Gasteiger partial charge in [0, 0.05) is 34.9 Å². The molecule has 2 aromatic carbocycles. The normalized spacial score (nSPS) is 21.3. The van der Waals surface area contributed by atoms with E-state index in [9.17, 15) is 14.4 Å². The first-order valence-electron chi connectivity index (χ1n) is 11.6. The number of likely N-dealkylation sites (N-methyl/N-ethyl adjacent to an activating group) is 1. The highest BCUT2D eigenvalue weighted by atomic mass is 35.5. The second-order valence-electron chi connectivity index (χ2n) is 9.05. The molecule has 1 saturated carbocycles. The van der Waals surface area contributed by atoms with Gasteiger partial charge in [0.15, 0.2) is 0 Å². The molecule has 2 fully saturated rings. The van der Waals surface area contributed by atoms with Gasteiger partial charge in [-0.05, 0) is 61.6 Å². The van der Waals surface area contributed by atoms with Gasteiger partial charge in [0.2, 0.25) is 11.8 Å². The summed E-state index contributed by atoms with van der Waals surface area (Å²) in [7, 11) is 1.60. The van der Waals surface area contributed by atoms with Crippen molar-refractivity contribution in [2.75, 3.05) is 18.9 Å². The first-order valence-corrected chi connectivity index (χ1v) is 11.9. The zero-order chi connectivity index (χ0) is 24.2. The van der Waals surface area contributed by atoms with Gasteiger partial charge in [0.1, 0.15) is 6.04 Å². The van der Waals surface area contributed by atoms with E-state index in [1.54, 1.807) is 60.5 Å². The van der Waals surface area contributed by atoms with Crippen LogP contribution in [0.3, 0.4) is 0 Å². The van der Waals surface area contributed by atoms with Gasteiger partial charge in [0.25, 0.3) is 5.91 Å². The zero-order valence-electron chi connectivity index (χ0n) is 19.2. The minimum absolute atomic E-state index is 0.0305. The van der Waals surface area contributed by atoms with E-state index in [1.807, 2.05) is 0 Å². The summed E-state index contributed by atoms with van der Waals surface area (Å²) in [5.74, 6) is 2.09. The fourth-order valence-electron chi connectivity index (χ4n) is 5.18. The molecule has 2 aliphatic rings. The summed E-state index contributed by atoms with van der Waals surface area (Å²) in [6, 6.07) is 13.3. The van der Waals surface area contributed by atoms with Gasteiger partial charge in [0.05, 0.1) is 6.54 Å². The zero-order valence-corrected chi connectivity index (χ0v) is 19.9. The summed E-state index contributed by atoms with van der Waals surface area (Å²) in [5.41, 5.74) is 1.71. The predicted octanol–water partition coefficient (Wildman–Crippen LogP) is 4.19. The molecule has 0 radical (unpaired) electrons. The number of nitrogens with one attached hydrogen (secondary N) is 1. The third kappa shape index (κ3) is 5.10. The lowest BCUT2D eigenvalue weighted by Crippen LogP contribution is -2.51. The van der Waals surface area contributed by atoms with Crippen molar-refractivity contribution in [3.63, 3.8) is 0 Å². The van der Waals surface area contributed by atoms with E-state index in [-0.39, 0.29) is 30.3 Å². The Bertz CT molecular complexity index is 1140. The molecule has 2 aromatic rings. The van der Waals surface area contributed by atoms with Crippen LogP contribution in [-0.4, -0.2) is 53.2 Å². The van der Waals surface area contributed by atoms with Gasteiger partial charge >= 0.3 is 0 Å². The van der Waals surface area contributed by atoms with Gasteiger partial charge < -0.3 is 15.1 Å².